The highest BCUT2D eigenvalue weighted by Gasteiger charge is 2.56. The van der Waals surface area contributed by atoms with Gasteiger partial charge < -0.3 is 0 Å². The van der Waals surface area contributed by atoms with Gasteiger partial charge in [0.25, 0.3) is 5.91 Å². The van der Waals surface area contributed by atoms with E-state index in [4.69, 9.17) is 16.4 Å². The van der Waals surface area contributed by atoms with Gasteiger partial charge in [0.05, 0.1) is 11.7 Å². The number of anilines is 1. The zero-order chi connectivity index (χ0) is 16.8. The van der Waals surface area contributed by atoms with Crippen LogP contribution in [0.5, 0.6) is 0 Å². The van der Waals surface area contributed by atoms with Crippen LogP contribution in [0.4, 0.5) is 10.1 Å². The van der Waals surface area contributed by atoms with Crippen molar-refractivity contribution in [2.75, 3.05) is 5.06 Å². The highest BCUT2D eigenvalue weighted by Crippen LogP contribution is 2.44. The van der Waals surface area contributed by atoms with E-state index in [2.05, 4.69) is 5.32 Å². The number of amides is 2. The highest BCUT2D eigenvalue weighted by atomic mass is 35.5. The first-order valence-corrected chi connectivity index (χ1v) is 7.74. The van der Waals surface area contributed by atoms with E-state index in [1.165, 1.54) is 17.2 Å². The van der Waals surface area contributed by atoms with E-state index in [-0.39, 0.29) is 5.82 Å². The predicted octanol–water partition coefficient (Wildman–Crippen LogP) is 2.61. The van der Waals surface area contributed by atoms with Crippen LogP contribution in [0.25, 0.3) is 0 Å². The third kappa shape index (κ3) is 2.35. The first kappa shape index (κ1) is 15.1. The lowest BCUT2D eigenvalue weighted by Gasteiger charge is -2.27. The molecule has 1 N–H and O–H groups in total. The Bertz CT molecular complexity index is 810. The molecule has 2 aromatic carbocycles. The second-order valence-corrected chi connectivity index (χ2v) is 6.14. The Labute approximate surface area is 141 Å². The number of fused-ring (bicyclic) bond motifs is 1. The average Bonchev–Trinajstić information content (AvgIpc) is 3.08. The summed E-state index contributed by atoms with van der Waals surface area (Å²) in [5.41, 5.74) is 1.34. The number of imide groups is 1. The average molecular weight is 347 g/mol. The Morgan fingerprint density at radius 1 is 1.00 bits per heavy atom. The fourth-order valence-corrected chi connectivity index (χ4v) is 3.27. The van der Waals surface area contributed by atoms with E-state index < -0.39 is 29.9 Å². The third-order valence-corrected chi connectivity index (χ3v) is 4.50. The number of halogens is 2. The summed E-state index contributed by atoms with van der Waals surface area (Å²) < 4.78 is 13.3. The third-order valence-electron chi connectivity index (χ3n) is 4.25. The lowest BCUT2D eigenvalue weighted by molar-refractivity contribution is -0.129. The number of carbonyl (C=O) groups excluding carboxylic acids is 2. The molecule has 122 valence electrons. The number of nitrogens with one attached hydrogen (secondary N) is 1. The van der Waals surface area contributed by atoms with Gasteiger partial charge in [-0.05, 0) is 42.0 Å². The molecule has 0 radical (unpaired) electrons. The Hall–Kier alpha value is -2.44. The molecule has 0 saturated carbocycles. The van der Waals surface area contributed by atoms with Gasteiger partial charge in [-0.15, -0.1) is 0 Å². The molecule has 0 aliphatic carbocycles. The van der Waals surface area contributed by atoms with Crippen LogP contribution in [0.3, 0.4) is 0 Å². The zero-order valence-electron chi connectivity index (χ0n) is 12.3. The minimum absolute atomic E-state index is 0.376. The van der Waals surface area contributed by atoms with Gasteiger partial charge in [0, 0.05) is 5.02 Å². The van der Waals surface area contributed by atoms with Crippen LogP contribution in [0.1, 0.15) is 11.6 Å². The Morgan fingerprint density at radius 3 is 2.33 bits per heavy atom. The second-order valence-electron chi connectivity index (χ2n) is 5.70. The SMILES string of the molecule is O=C1NC(=O)[C@H]2ON(c3ccc(Cl)cc3)[C@@H](c3ccc(F)cc3)[C@H]12. The highest BCUT2D eigenvalue weighted by molar-refractivity contribution is 6.30. The molecule has 2 heterocycles. The Balaban J connectivity index is 1.79. The molecule has 0 spiro atoms. The van der Waals surface area contributed by atoms with Crippen LogP contribution in [0.2, 0.25) is 5.02 Å². The standard InChI is InChI=1S/C17H12ClFN2O3/c18-10-3-7-12(8-4-10)21-14(9-1-5-11(19)6-2-9)13-15(24-21)17(23)20-16(13)22/h1-8,13-15H,(H,20,22,23)/t13-,14-,15-/m0/s1. The topological polar surface area (TPSA) is 58.6 Å². The van der Waals surface area contributed by atoms with E-state index in [0.29, 0.717) is 16.3 Å². The fourth-order valence-electron chi connectivity index (χ4n) is 3.14. The van der Waals surface area contributed by atoms with Gasteiger partial charge in [-0.3, -0.25) is 19.7 Å². The van der Waals surface area contributed by atoms with Crippen LogP contribution in [0, 0.1) is 11.7 Å². The van der Waals surface area contributed by atoms with Crippen molar-refractivity contribution in [1.82, 2.24) is 5.32 Å². The summed E-state index contributed by atoms with van der Waals surface area (Å²) in [4.78, 5) is 29.9. The molecule has 3 atom stereocenters. The van der Waals surface area contributed by atoms with Gasteiger partial charge in [0.1, 0.15) is 11.7 Å². The minimum Gasteiger partial charge on any atom is -0.294 e. The molecule has 5 nitrogen and oxygen atoms in total. The van der Waals surface area contributed by atoms with Crippen molar-refractivity contribution < 1.29 is 18.8 Å². The number of hydrogen-bond donors (Lipinski definition) is 1. The molecule has 0 aromatic heterocycles. The second kappa shape index (κ2) is 5.58. The Kier molecular flexibility index (Phi) is 3.51. The molecule has 2 fully saturated rings. The Morgan fingerprint density at radius 2 is 1.67 bits per heavy atom. The summed E-state index contributed by atoms with van der Waals surface area (Å²) in [6.07, 6.45) is -0.900. The monoisotopic (exact) mass is 346 g/mol. The lowest BCUT2D eigenvalue weighted by atomic mass is 9.90. The molecular weight excluding hydrogens is 335 g/mol. The quantitative estimate of drug-likeness (QED) is 0.849. The van der Waals surface area contributed by atoms with E-state index in [9.17, 15) is 14.0 Å². The van der Waals surface area contributed by atoms with E-state index in [1.54, 1.807) is 36.4 Å². The van der Waals surface area contributed by atoms with Gasteiger partial charge in [-0.2, -0.15) is 0 Å². The summed E-state index contributed by atoms with van der Waals surface area (Å²) in [5.74, 6) is -1.93. The number of carbonyl (C=O) groups is 2. The van der Waals surface area contributed by atoms with Crippen LogP contribution >= 0.6 is 11.6 Å². The summed E-state index contributed by atoms with van der Waals surface area (Å²) in [7, 11) is 0. The van der Waals surface area contributed by atoms with Crippen LogP contribution in [-0.4, -0.2) is 17.9 Å². The number of nitrogens with zero attached hydrogens (tertiary/aromatic N) is 1. The zero-order valence-corrected chi connectivity index (χ0v) is 13.0. The van der Waals surface area contributed by atoms with Crippen LogP contribution in [-0.2, 0) is 14.4 Å². The summed E-state index contributed by atoms with van der Waals surface area (Å²) in [5, 5.41) is 4.37. The molecule has 2 aliphatic heterocycles. The molecular formula is C17H12ClFN2O3. The number of benzene rings is 2. The molecule has 24 heavy (non-hydrogen) atoms. The van der Waals surface area contributed by atoms with Gasteiger partial charge in [0.2, 0.25) is 5.91 Å². The molecule has 0 bridgehead atoms. The van der Waals surface area contributed by atoms with Crippen LogP contribution in [0.15, 0.2) is 48.5 Å². The van der Waals surface area contributed by atoms with Crippen molar-refractivity contribution in [3.8, 4) is 0 Å². The molecule has 4 rings (SSSR count). The summed E-state index contributed by atoms with van der Waals surface area (Å²) in [6, 6.07) is 12.1. The predicted molar refractivity (Wildman–Crippen MR) is 84.6 cm³/mol. The van der Waals surface area contributed by atoms with E-state index >= 15 is 0 Å². The normalized spacial score (nSPS) is 25.8. The number of hydrogen-bond acceptors (Lipinski definition) is 4. The van der Waals surface area contributed by atoms with Crippen molar-refractivity contribution in [3.05, 3.63) is 64.9 Å². The van der Waals surface area contributed by atoms with Gasteiger partial charge in [0.15, 0.2) is 6.10 Å². The van der Waals surface area contributed by atoms with Crippen molar-refractivity contribution in [2.45, 2.75) is 12.1 Å². The summed E-state index contributed by atoms with van der Waals surface area (Å²) in [6.45, 7) is 0. The molecule has 2 amide bonds. The van der Waals surface area contributed by atoms with Crippen molar-refractivity contribution in [1.29, 1.82) is 0 Å². The van der Waals surface area contributed by atoms with Crippen molar-refractivity contribution in [3.63, 3.8) is 0 Å². The van der Waals surface area contributed by atoms with Crippen LogP contribution < -0.4 is 10.4 Å². The maximum atomic E-state index is 13.3. The first-order valence-electron chi connectivity index (χ1n) is 7.36. The lowest BCUT2D eigenvalue weighted by Crippen LogP contribution is -2.33. The maximum absolute atomic E-state index is 13.3. The van der Waals surface area contributed by atoms with Gasteiger partial charge >= 0.3 is 0 Å². The molecule has 2 saturated heterocycles. The van der Waals surface area contributed by atoms with Crippen molar-refractivity contribution >= 4 is 29.1 Å². The minimum atomic E-state index is -0.900. The van der Waals surface area contributed by atoms with Crippen molar-refractivity contribution in [2.24, 2.45) is 5.92 Å². The van der Waals surface area contributed by atoms with Gasteiger partial charge in [-0.1, -0.05) is 23.7 Å². The van der Waals surface area contributed by atoms with Gasteiger partial charge in [-0.25, -0.2) is 9.45 Å². The maximum Gasteiger partial charge on any atom is 0.259 e. The van der Waals surface area contributed by atoms with E-state index in [0.717, 1.165) is 0 Å². The summed E-state index contributed by atoms with van der Waals surface area (Å²) >= 11 is 5.91. The largest absolute Gasteiger partial charge is 0.294 e. The molecule has 2 aromatic rings. The molecule has 0 unspecified atom stereocenters. The number of rotatable bonds is 2. The fraction of sp³-hybridized carbons (Fsp3) is 0.176. The smallest absolute Gasteiger partial charge is 0.259 e. The molecule has 7 heteroatoms. The van der Waals surface area contributed by atoms with E-state index in [1.807, 2.05) is 0 Å². The molecule has 2 aliphatic rings. The number of hydroxylamine groups is 1. The first-order chi connectivity index (χ1) is 11.5.